The molecule has 1 aliphatic rings. The van der Waals surface area contributed by atoms with Gasteiger partial charge in [0.05, 0.1) is 11.4 Å². The third kappa shape index (κ3) is 6.97. The molecule has 0 bridgehead atoms. The fourth-order valence-electron chi connectivity index (χ4n) is 6.65. The number of hydrogen-bond donors (Lipinski definition) is 0. The molecule has 0 saturated carbocycles. The Morgan fingerprint density at radius 2 is 1.65 bits per heavy atom. The number of aromatic nitrogens is 5. The molecular formula is C45H45IrN5O-2. The van der Waals surface area contributed by atoms with E-state index in [1.54, 1.807) is 33.0 Å². The van der Waals surface area contributed by atoms with Crippen molar-refractivity contribution in [3.05, 3.63) is 125 Å². The molecule has 0 unspecified atom stereocenters. The molecule has 0 atom stereocenters. The standard InChI is InChI=1S/C32H30NO.C13H15N4.Ir/c1-19-18-33-27(16-20(19)17-31(2,3)4)25-12-9-11-23-24-15-14-22-21-10-7-8-13-26(21)32(5,6)28(22)30(24)34-29(23)25;1-9-15-7-10(8-16-9)12-14-6-5-11(17-12)13(2,3)4;/h7-11,13-16,18H,17H2,1-6H3;5-7H,1-4H3;/q2*-1;/i1D3,17D2;1D3;. The fourth-order valence-corrected chi connectivity index (χ4v) is 6.65. The second-order valence-corrected chi connectivity index (χ2v) is 15.5. The first-order valence-electron chi connectivity index (χ1n) is 20.9. The molecule has 0 amide bonds. The minimum Gasteiger partial charge on any atom is -0.500 e. The Hall–Kier alpha value is -4.58. The summed E-state index contributed by atoms with van der Waals surface area (Å²) in [6, 6.07) is 23.2. The quantitative estimate of drug-likeness (QED) is 0.165. The molecule has 0 spiro atoms. The van der Waals surface area contributed by atoms with Gasteiger partial charge in [0.25, 0.3) is 0 Å². The smallest absolute Gasteiger partial charge is 0.125 e. The SMILES string of the molecule is [2H]C([2H])([2H])c1cnc(-c2[c-]ccc3c2oc2c4c(ccc23)-c2ccccc2C4(C)C)cc1C([2H])([2H])C(C)(C)C.[2H]C([2H])([2H])c1n[c-]c(-c2nccc(C(C)(C)C)n2)cn1.[Ir]. The average molecular weight is 872 g/mol. The molecule has 1 aliphatic carbocycles. The summed E-state index contributed by atoms with van der Waals surface area (Å²) in [5.74, 6) is 0.211. The number of nitrogens with zero attached hydrogens (tertiary/aromatic N) is 5. The zero-order valence-corrected chi connectivity index (χ0v) is 32.9. The molecule has 0 N–H and O–H groups in total. The van der Waals surface area contributed by atoms with Gasteiger partial charge in [-0.3, -0.25) is 9.97 Å². The summed E-state index contributed by atoms with van der Waals surface area (Å²) in [7, 11) is 0. The molecule has 8 rings (SSSR count). The predicted octanol–water partition coefficient (Wildman–Crippen LogP) is 11.0. The first kappa shape index (κ1) is 28.0. The Labute approximate surface area is 332 Å². The second kappa shape index (κ2) is 13.8. The molecule has 7 aromatic rings. The van der Waals surface area contributed by atoms with Crippen molar-refractivity contribution in [2.45, 2.75) is 86.3 Å². The van der Waals surface area contributed by atoms with Crippen LogP contribution in [0, 0.1) is 31.4 Å². The zero-order valence-electron chi connectivity index (χ0n) is 38.5. The Morgan fingerprint density at radius 3 is 2.37 bits per heavy atom. The van der Waals surface area contributed by atoms with Crippen LogP contribution >= 0.6 is 0 Å². The minimum absolute atomic E-state index is 0. The van der Waals surface area contributed by atoms with Gasteiger partial charge in [-0.1, -0.05) is 126 Å². The molecule has 4 heterocycles. The Balaban J connectivity index is 0.000000243. The van der Waals surface area contributed by atoms with Gasteiger partial charge in [-0.15, -0.1) is 18.2 Å². The van der Waals surface area contributed by atoms with Crippen LogP contribution in [0.15, 0.2) is 83.7 Å². The Morgan fingerprint density at radius 1 is 0.865 bits per heavy atom. The molecule has 7 heteroatoms. The predicted molar refractivity (Wildman–Crippen MR) is 207 cm³/mol. The van der Waals surface area contributed by atoms with Gasteiger partial charge in [-0.05, 0) is 65.7 Å². The van der Waals surface area contributed by atoms with Crippen molar-refractivity contribution in [2.75, 3.05) is 0 Å². The van der Waals surface area contributed by atoms with Crippen LogP contribution in [0.3, 0.4) is 0 Å². The van der Waals surface area contributed by atoms with E-state index in [9.17, 15) is 0 Å². The van der Waals surface area contributed by atoms with Gasteiger partial charge in [-0.25, -0.2) is 0 Å². The molecule has 0 fully saturated rings. The summed E-state index contributed by atoms with van der Waals surface area (Å²) in [6.45, 7) is 11.1. The average Bonchev–Trinajstić information content (AvgIpc) is 3.65. The first-order chi connectivity index (χ1) is 27.3. The van der Waals surface area contributed by atoms with Gasteiger partial charge in [0.2, 0.25) is 0 Å². The van der Waals surface area contributed by atoms with Gasteiger partial charge in [0, 0.05) is 76.8 Å². The second-order valence-electron chi connectivity index (χ2n) is 15.5. The van der Waals surface area contributed by atoms with Crippen LogP contribution in [-0.2, 0) is 37.3 Å². The summed E-state index contributed by atoms with van der Waals surface area (Å²) in [5, 5.41) is 1.90. The van der Waals surface area contributed by atoms with Crippen LogP contribution in [0.25, 0.3) is 55.7 Å². The summed E-state index contributed by atoms with van der Waals surface area (Å²) < 4.78 is 70.2. The third-order valence-electron chi connectivity index (χ3n) is 9.05. The molecule has 4 aromatic heterocycles. The van der Waals surface area contributed by atoms with E-state index in [1.807, 2.05) is 18.2 Å². The molecule has 1 radical (unpaired) electrons. The van der Waals surface area contributed by atoms with Crippen molar-refractivity contribution >= 4 is 21.9 Å². The van der Waals surface area contributed by atoms with E-state index in [0.717, 1.165) is 33.2 Å². The minimum atomic E-state index is -2.50. The molecule has 52 heavy (non-hydrogen) atoms. The normalized spacial score (nSPS) is 16.3. The summed E-state index contributed by atoms with van der Waals surface area (Å²) in [5.41, 5.74) is 7.38. The van der Waals surface area contributed by atoms with E-state index in [-0.39, 0.29) is 47.9 Å². The molecule has 0 aliphatic heterocycles. The van der Waals surface area contributed by atoms with Crippen molar-refractivity contribution in [3.63, 3.8) is 0 Å². The van der Waals surface area contributed by atoms with E-state index >= 15 is 0 Å². The Bertz CT molecular complexity index is 2730. The molecular weight excluding hydrogens is 819 g/mol. The van der Waals surface area contributed by atoms with Crippen molar-refractivity contribution in [3.8, 4) is 33.8 Å². The molecule has 0 saturated heterocycles. The van der Waals surface area contributed by atoms with Crippen molar-refractivity contribution < 1.29 is 35.5 Å². The fraction of sp³-hybridized carbons (Fsp3) is 0.311. The van der Waals surface area contributed by atoms with Gasteiger partial charge < -0.3 is 19.4 Å². The first-order valence-corrected chi connectivity index (χ1v) is 16.9. The maximum absolute atomic E-state index is 8.90. The van der Waals surface area contributed by atoms with Gasteiger partial charge in [0.15, 0.2) is 0 Å². The summed E-state index contributed by atoms with van der Waals surface area (Å²) in [6.07, 6.45) is 5.05. The van der Waals surface area contributed by atoms with Crippen LogP contribution in [0.4, 0.5) is 0 Å². The number of rotatable bonds is 3. The molecule has 3 aromatic carbocycles. The summed E-state index contributed by atoms with van der Waals surface area (Å²) in [4.78, 5) is 20.7. The number of pyridine rings is 1. The number of benzene rings is 3. The van der Waals surface area contributed by atoms with E-state index in [2.05, 4.69) is 108 Å². The number of hydrogen-bond acceptors (Lipinski definition) is 6. The molecule has 267 valence electrons. The van der Waals surface area contributed by atoms with Crippen LogP contribution in [-0.4, -0.2) is 24.9 Å². The van der Waals surface area contributed by atoms with Crippen LogP contribution in [0.1, 0.15) is 100 Å². The monoisotopic (exact) mass is 872 g/mol. The van der Waals surface area contributed by atoms with Crippen LogP contribution in [0.2, 0.25) is 0 Å². The van der Waals surface area contributed by atoms with Gasteiger partial charge in [0.1, 0.15) is 5.58 Å². The van der Waals surface area contributed by atoms with Crippen LogP contribution in [0.5, 0.6) is 0 Å². The zero-order chi connectivity index (χ0) is 43.1. The maximum atomic E-state index is 8.90. The van der Waals surface area contributed by atoms with Crippen LogP contribution < -0.4 is 0 Å². The maximum Gasteiger partial charge on any atom is 0.125 e. The van der Waals surface area contributed by atoms with Gasteiger partial charge in [-0.2, -0.15) is 0 Å². The third-order valence-corrected chi connectivity index (χ3v) is 9.05. The van der Waals surface area contributed by atoms with Gasteiger partial charge >= 0.3 is 0 Å². The van der Waals surface area contributed by atoms with Crippen molar-refractivity contribution in [2.24, 2.45) is 5.41 Å². The summed E-state index contributed by atoms with van der Waals surface area (Å²) >= 11 is 0. The van der Waals surface area contributed by atoms with Crippen molar-refractivity contribution in [1.29, 1.82) is 0 Å². The largest absolute Gasteiger partial charge is 0.500 e. The van der Waals surface area contributed by atoms with Crippen molar-refractivity contribution in [1.82, 2.24) is 24.9 Å². The van der Waals surface area contributed by atoms with E-state index in [0.29, 0.717) is 28.2 Å². The van der Waals surface area contributed by atoms with E-state index in [4.69, 9.17) is 15.4 Å². The number of aryl methyl sites for hydroxylation is 2. The van der Waals surface area contributed by atoms with E-state index < -0.39 is 25.5 Å². The number of fused-ring (bicyclic) bond motifs is 7. The van der Waals surface area contributed by atoms with E-state index in [1.165, 1.54) is 23.5 Å². The molecule has 6 nitrogen and oxygen atoms in total. The topological polar surface area (TPSA) is 77.6 Å². The number of furan rings is 1. The Kier molecular flexibility index (Phi) is 7.41.